The number of nitrogens with one attached hydrogen (secondary N) is 3. The smallest absolute Gasteiger partial charge is 0.258 e. The van der Waals surface area contributed by atoms with Gasteiger partial charge in [-0.2, -0.15) is 9.82 Å². The first-order valence-corrected chi connectivity index (χ1v) is 11.6. The molecule has 0 aliphatic heterocycles. The monoisotopic (exact) mass is 464 g/mol. The standard InChI is InChI=1S/C24H24N4O4S/c1-18(29)26-21-12-14-22(15-13-21)33(31,32)28-23(16-19-8-4-2-5-9-19)24(30)27-25-17-20-10-6-3-7-11-20/h2-15,17,23,28H,16H2,1H3,(H,26,29)(H,27,30)/b25-17+/t23-/m0/s1. The summed E-state index contributed by atoms with van der Waals surface area (Å²) < 4.78 is 28.4. The van der Waals surface area contributed by atoms with Gasteiger partial charge in [-0.25, -0.2) is 13.8 Å². The van der Waals surface area contributed by atoms with Crippen molar-refractivity contribution in [3.8, 4) is 0 Å². The summed E-state index contributed by atoms with van der Waals surface area (Å²) in [5, 5.41) is 6.52. The lowest BCUT2D eigenvalue weighted by Crippen LogP contribution is -2.46. The summed E-state index contributed by atoms with van der Waals surface area (Å²) in [6, 6.07) is 22.9. The predicted molar refractivity (Wildman–Crippen MR) is 127 cm³/mol. The zero-order valence-corrected chi connectivity index (χ0v) is 18.7. The van der Waals surface area contributed by atoms with E-state index in [1.54, 1.807) is 0 Å². The van der Waals surface area contributed by atoms with Crippen molar-refractivity contribution in [1.82, 2.24) is 10.1 Å². The lowest BCUT2D eigenvalue weighted by molar-refractivity contribution is -0.122. The van der Waals surface area contributed by atoms with Gasteiger partial charge in [0.1, 0.15) is 6.04 Å². The second kappa shape index (κ2) is 11.2. The first-order valence-electron chi connectivity index (χ1n) is 10.2. The average molecular weight is 465 g/mol. The van der Waals surface area contributed by atoms with Gasteiger partial charge in [0.15, 0.2) is 0 Å². The molecule has 2 amide bonds. The van der Waals surface area contributed by atoms with Gasteiger partial charge in [0.25, 0.3) is 5.91 Å². The van der Waals surface area contributed by atoms with Gasteiger partial charge in [0.2, 0.25) is 15.9 Å². The quantitative estimate of drug-likeness (QED) is 0.333. The van der Waals surface area contributed by atoms with Crippen LogP contribution in [0.15, 0.2) is 94.9 Å². The highest BCUT2D eigenvalue weighted by molar-refractivity contribution is 7.89. The van der Waals surface area contributed by atoms with Gasteiger partial charge >= 0.3 is 0 Å². The normalized spacial score (nSPS) is 12.3. The van der Waals surface area contributed by atoms with Crippen LogP contribution in [0.3, 0.4) is 0 Å². The molecule has 0 heterocycles. The summed E-state index contributed by atoms with van der Waals surface area (Å²) in [4.78, 5) is 24.0. The van der Waals surface area contributed by atoms with Gasteiger partial charge < -0.3 is 5.32 Å². The summed E-state index contributed by atoms with van der Waals surface area (Å²) in [6.45, 7) is 1.36. The maximum Gasteiger partial charge on any atom is 0.258 e. The largest absolute Gasteiger partial charge is 0.326 e. The van der Waals surface area contributed by atoms with Crippen molar-refractivity contribution >= 4 is 33.7 Å². The van der Waals surface area contributed by atoms with Gasteiger partial charge in [0.05, 0.1) is 11.1 Å². The minimum atomic E-state index is -4.02. The van der Waals surface area contributed by atoms with E-state index in [0.717, 1.165) is 11.1 Å². The fourth-order valence-corrected chi connectivity index (χ4v) is 4.20. The summed E-state index contributed by atoms with van der Waals surface area (Å²) in [6.07, 6.45) is 1.61. The Kier molecular flexibility index (Phi) is 8.06. The second-order valence-electron chi connectivity index (χ2n) is 7.21. The summed E-state index contributed by atoms with van der Waals surface area (Å²) >= 11 is 0. The molecule has 9 heteroatoms. The van der Waals surface area contributed by atoms with Crippen molar-refractivity contribution < 1.29 is 18.0 Å². The topological polar surface area (TPSA) is 117 Å². The van der Waals surface area contributed by atoms with E-state index in [9.17, 15) is 18.0 Å². The highest BCUT2D eigenvalue weighted by Crippen LogP contribution is 2.15. The minimum absolute atomic E-state index is 0.0322. The molecule has 3 N–H and O–H groups in total. The van der Waals surface area contributed by atoms with Gasteiger partial charge in [-0.15, -0.1) is 0 Å². The van der Waals surface area contributed by atoms with E-state index >= 15 is 0 Å². The molecule has 0 unspecified atom stereocenters. The fraction of sp³-hybridized carbons (Fsp3) is 0.125. The van der Waals surface area contributed by atoms with Crippen LogP contribution in [-0.2, 0) is 26.0 Å². The highest BCUT2D eigenvalue weighted by atomic mass is 32.2. The van der Waals surface area contributed by atoms with E-state index in [1.807, 2.05) is 60.7 Å². The number of anilines is 1. The number of rotatable bonds is 9. The Labute approximate surface area is 192 Å². The molecule has 8 nitrogen and oxygen atoms in total. The highest BCUT2D eigenvalue weighted by Gasteiger charge is 2.26. The molecule has 1 atom stereocenters. The third-order valence-corrected chi connectivity index (χ3v) is 6.06. The molecule has 3 aromatic rings. The van der Waals surface area contributed by atoms with Crippen molar-refractivity contribution in [1.29, 1.82) is 0 Å². The van der Waals surface area contributed by atoms with E-state index < -0.39 is 22.0 Å². The summed E-state index contributed by atoms with van der Waals surface area (Å²) in [5.41, 5.74) is 4.45. The molecule has 0 aromatic heterocycles. The predicted octanol–water partition coefficient (Wildman–Crippen LogP) is 2.68. The van der Waals surface area contributed by atoms with Gasteiger partial charge in [-0.05, 0) is 41.8 Å². The Balaban J connectivity index is 1.77. The van der Waals surface area contributed by atoms with E-state index in [4.69, 9.17) is 0 Å². The molecular formula is C24H24N4O4S. The molecule has 0 aliphatic rings. The van der Waals surface area contributed by atoms with Crippen LogP contribution in [0.4, 0.5) is 5.69 Å². The molecule has 0 fully saturated rings. The maximum atomic E-state index is 12.9. The van der Waals surface area contributed by atoms with Crippen LogP contribution >= 0.6 is 0 Å². The molecule has 33 heavy (non-hydrogen) atoms. The Morgan fingerprint density at radius 2 is 1.52 bits per heavy atom. The third-order valence-electron chi connectivity index (χ3n) is 4.57. The number of carbonyl (C=O) groups excluding carboxylic acids is 2. The molecule has 0 aliphatic carbocycles. The van der Waals surface area contributed by atoms with E-state index in [-0.39, 0.29) is 17.2 Å². The van der Waals surface area contributed by atoms with Gasteiger partial charge in [-0.3, -0.25) is 9.59 Å². The van der Waals surface area contributed by atoms with E-state index in [2.05, 4.69) is 20.6 Å². The minimum Gasteiger partial charge on any atom is -0.326 e. The molecular weight excluding hydrogens is 440 g/mol. The number of hydrogen-bond donors (Lipinski definition) is 3. The van der Waals surface area contributed by atoms with Crippen LogP contribution in [0, 0.1) is 0 Å². The second-order valence-corrected chi connectivity index (χ2v) is 8.93. The summed E-state index contributed by atoms with van der Waals surface area (Å²) in [5.74, 6) is -0.858. The Morgan fingerprint density at radius 3 is 2.12 bits per heavy atom. The van der Waals surface area contributed by atoms with Gasteiger partial charge in [0, 0.05) is 12.6 Å². The van der Waals surface area contributed by atoms with Crippen molar-refractivity contribution in [2.45, 2.75) is 24.3 Å². The third kappa shape index (κ3) is 7.37. The molecule has 3 rings (SSSR count). The molecule has 0 saturated heterocycles. The van der Waals surface area contributed by atoms with Crippen molar-refractivity contribution in [2.75, 3.05) is 5.32 Å². The fourth-order valence-electron chi connectivity index (χ4n) is 3.00. The van der Waals surface area contributed by atoms with Gasteiger partial charge in [-0.1, -0.05) is 60.7 Å². The van der Waals surface area contributed by atoms with Crippen LogP contribution in [0.1, 0.15) is 18.1 Å². The first kappa shape index (κ1) is 23.8. The molecule has 3 aromatic carbocycles. The molecule has 0 bridgehead atoms. The Morgan fingerprint density at radius 1 is 0.909 bits per heavy atom. The number of amides is 2. The lowest BCUT2D eigenvalue weighted by atomic mass is 10.1. The zero-order valence-electron chi connectivity index (χ0n) is 17.9. The van der Waals surface area contributed by atoms with Crippen LogP contribution in [-0.4, -0.2) is 32.5 Å². The molecule has 0 saturated carbocycles. The maximum absolute atomic E-state index is 12.9. The number of carbonyl (C=O) groups is 2. The Hall–Kier alpha value is -3.82. The van der Waals surface area contributed by atoms with Crippen LogP contribution < -0.4 is 15.5 Å². The molecule has 170 valence electrons. The van der Waals surface area contributed by atoms with E-state index in [1.165, 1.54) is 37.4 Å². The van der Waals surface area contributed by atoms with Crippen LogP contribution in [0.5, 0.6) is 0 Å². The van der Waals surface area contributed by atoms with Crippen LogP contribution in [0.25, 0.3) is 0 Å². The summed E-state index contributed by atoms with van der Waals surface area (Å²) in [7, 11) is -4.02. The number of sulfonamides is 1. The number of hydrazone groups is 1. The Bertz CT molecular complexity index is 1210. The number of benzene rings is 3. The van der Waals surface area contributed by atoms with E-state index in [0.29, 0.717) is 5.69 Å². The average Bonchev–Trinajstić information content (AvgIpc) is 2.80. The zero-order chi connectivity index (χ0) is 23.7. The number of nitrogens with zero attached hydrogens (tertiary/aromatic N) is 1. The molecule has 0 spiro atoms. The van der Waals surface area contributed by atoms with Crippen molar-refractivity contribution in [3.05, 3.63) is 96.1 Å². The van der Waals surface area contributed by atoms with Crippen LogP contribution in [0.2, 0.25) is 0 Å². The van der Waals surface area contributed by atoms with Crippen molar-refractivity contribution in [2.24, 2.45) is 5.10 Å². The first-order chi connectivity index (χ1) is 15.8. The molecule has 0 radical (unpaired) electrons. The SMILES string of the molecule is CC(=O)Nc1ccc(S(=O)(=O)N[C@@H](Cc2ccccc2)C(=O)N/N=C/c2ccccc2)cc1. The number of hydrogen-bond acceptors (Lipinski definition) is 5. The lowest BCUT2D eigenvalue weighted by Gasteiger charge is -2.17. The van der Waals surface area contributed by atoms with Crippen molar-refractivity contribution in [3.63, 3.8) is 0 Å².